The summed E-state index contributed by atoms with van der Waals surface area (Å²) in [7, 11) is 5.83. The second-order valence-corrected chi connectivity index (χ2v) is 3.22. The molecular formula is C6H10BrN3. The van der Waals surface area contributed by atoms with Gasteiger partial charge in [-0.05, 0) is 15.9 Å². The summed E-state index contributed by atoms with van der Waals surface area (Å²) in [6.07, 6.45) is 1.93. The Morgan fingerprint density at radius 1 is 1.60 bits per heavy atom. The van der Waals surface area contributed by atoms with Crippen molar-refractivity contribution in [2.24, 2.45) is 7.05 Å². The van der Waals surface area contributed by atoms with Gasteiger partial charge in [-0.25, -0.2) is 0 Å². The van der Waals surface area contributed by atoms with Crippen LogP contribution in [0.1, 0.15) is 0 Å². The van der Waals surface area contributed by atoms with Crippen molar-refractivity contribution in [2.75, 3.05) is 19.0 Å². The molecule has 0 amide bonds. The third kappa shape index (κ3) is 1.31. The van der Waals surface area contributed by atoms with Crippen molar-refractivity contribution in [3.8, 4) is 0 Å². The molecule has 56 valence electrons. The van der Waals surface area contributed by atoms with Crippen molar-refractivity contribution >= 4 is 21.7 Å². The van der Waals surface area contributed by atoms with Gasteiger partial charge in [-0.2, -0.15) is 5.10 Å². The Hall–Kier alpha value is -0.510. The van der Waals surface area contributed by atoms with Gasteiger partial charge in [0, 0.05) is 27.3 Å². The van der Waals surface area contributed by atoms with Crippen molar-refractivity contribution in [3.05, 3.63) is 10.7 Å². The summed E-state index contributed by atoms with van der Waals surface area (Å²) in [5.41, 5.74) is 0. The first kappa shape index (κ1) is 7.60. The van der Waals surface area contributed by atoms with E-state index in [1.807, 2.05) is 32.2 Å². The first-order chi connectivity index (χ1) is 4.61. The fraction of sp³-hybridized carbons (Fsp3) is 0.500. The van der Waals surface area contributed by atoms with Gasteiger partial charge in [-0.1, -0.05) is 0 Å². The Bertz CT molecular complexity index is 229. The van der Waals surface area contributed by atoms with E-state index >= 15 is 0 Å². The van der Waals surface area contributed by atoms with Gasteiger partial charge in [0.15, 0.2) is 5.82 Å². The van der Waals surface area contributed by atoms with Crippen LogP contribution in [0.25, 0.3) is 0 Å². The van der Waals surface area contributed by atoms with Crippen LogP contribution in [-0.2, 0) is 7.05 Å². The largest absolute Gasteiger partial charge is 0.360 e. The molecule has 0 aliphatic carbocycles. The van der Waals surface area contributed by atoms with Gasteiger partial charge in [0.05, 0.1) is 4.47 Å². The first-order valence-electron chi connectivity index (χ1n) is 2.97. The maximum absolute atomic E-state index is 4.21. The highest BCUT2D eigenvalue weighted by atomic mass is 79.9. The number of aryl methyl sites for hydroxylation is 1. The van der Waals surface area contributed by atoms with Gasteiger partial charge >= 0.3 is 0 Å². The van der Waals surface area contributed by atoms with E-state index in [0.717, 1.165) is 10.3 Å². The van der Waals surface area contributed by atoms with E-state index in [2.05, 4.69) is 21.0 Å². The molecule has 1 aromatic rings. The Kier molecular flexibility index (Phi) is 1.99. The lowest BCUT2D eigenvalue weighted by Gasteiger charge is -2.07. The summed E-state index contributed by atoms with van der Waals surface area (Å²) < 4.78 is 2.80. The highest BCUT2D eigenvalue weighted by Gasteiger charge is 2.04. The summed E-state index contributed by atoms with van der Waals surface area (Å²) in [6.45, 7) is 0. The Morgan fingerprint density at radius 3 is 2.40 bits per heavy atom. The minimum atomic E-state index is 0.961. The van der Waals surface area contributed by atoms with E-state index in [9.17, 15) is 0 Å². The number of aromatic nitrogens is 2. The molecule has 0 fully saturated rings. The summed E-state index contributed by atoms with van der Waals surface area (Å²) in [5, 5.41) is 4.21. The lowest BCUT2D eigenvalue weighted by Crippen LogP contribution is -2.10. The molecular weight excluding hydrogens is 194 g/mol. The zero-order chi connectivity index (χ0) is 7.72. The molecule has 1 heterocycles. The molecule has 4 heteroatoms. The van der Waals surface area contributed by atoms with Crippen molar-refractivity contribution in [3.63, 3.8) is 0 Å². The molecule has 0 aromatic carbocycles. The van der Waals surface area contributed by atoms with Crippen LogP contribution in [0.15, 0.2) is 10.7 Å². The zero-order valence-electron chi connectivity index (χ0n) is 6.30. The average molecular weight is 204 g/mol. The molecule has 10 heavy (non-hydrogen) atoms. The molecule has 0 bridgehead atoms. The van der Waals surface area contributed by atoms with Gasteiger partial charge in [0.2, 0.25) is 0 Å². The normalized spacial score (nSPS) is 10.0. The smallest absolute Gasteiger partial charge is 0.164 e. The highest BCUT2D eigenvalue weighted by molar-refractivity contribution is 9.10. The third-order valence-corrected chi connectivity index (χ3v) is 1.75. The molecule has 0 atom stereocenters. The molecule has 0 spiro atoms. The van der Waals surface area contributed by atoms with E-state index in [4.69, 9.17) is 0 Å². The Labute approximate surface area is 68.8 Å². The molecule has 0 unspecified atom stereocenters. The molecule has 0 radical (unpaired) electrons. The first-order valence-corrected chi connectivity index (χ1v) is 3.77. The van der Waals surface area contributed by atoms with Crippen molar-refractivity contribution in [2.45, 2.75) is 0 Å². The number of hydrogen-bond donors (Lipinski definition) is 0. The predicted molar refractivity (Wildman–Crippen MR) is 45.2 cm³/mol. The summed E-state index contributed by atoms with van der Waals surface area (Å²) >= 11 is 3.39. The fourth-order valence-corrected chi connectivity index (χ4v) is 1.48. The van der Waals surface area contributed by atoms with Gasteiger partial charge in [-0.3, -0.25) is 4.68 Å². The quantitative estimate of drug-likeness (QED) is 0.686. The predicted octanol–water partition coefficient (Wildman–Crippen LogP) is 1.25. The molecule has 0 saturated heterocycles. The average Bonchev–Trinajstić information content (AvgIpc) is 2.10. The minimum Gasteiger partial charge on any atom is -0.360 e. The maximum atomic E-state index is 4.21. The van der Waals surface area contributed by atoms with Crippen LogP contribution in [-0.4, -0.2) is 23.9 Å². The van der Waals surface area contributed by atoms with E-state index in [1.165, 1.54) is 0 Å². The summed E-state index contributed by atoms with van der Waals surface area (Å²) in [5.74, 6) is 0.961. The van der Waals surface area contributed by atoms with Gasteiger partial charge < -0.3 is 4.90 Å². The standard InChI is InChI=1S/C6H10BrN3/c1-9(2)6-5(7)4-10(3)8-6/h4H,1-3H3. The van der Waals surface area contributed by atoms with E-state index in [0.29, 0.717) is 0 Å². The monoisotopic (exact) mass is 203 g/mol. The van der Waals surface area contributed by atoms with Crippen LogP contribution < -0.4 is 4.90 Å². The lowest BCUT2D eigenvalue weighted by molar-refractivity contribution is 0.762. The van der Waals surface area contributed by atoms with Crippen LogP contribution in [0, 0.1) is 0 Å². The van der Waals surface area contributed by atoms with Crippen LogP contribution in [0.4, 0.5) is 5.82 Å². The molecule has 1 rings (SSSR count). The second kappa shape index (κ2) is 2.62. The maximum Gasteiger partial charge on any atom is 0.164 e. The Morgan fingerprint density at radius 2 is 2.20 bits per heavy atom. The number of halogens is 1. The van der Waals surface area contributed by atoms with Crippen molar-refractivity contribution in [1.29, 1.82) is 0 Å². The van der Waals surface area contributed by atoms with Crippen LogP contribution >= 0.6 is 15.9 Å². The van der Waals surface area contributed by atoms with Gasteiger partial charge in [-0.15, -0.1) is 0 Å². The van der Waals surface area contributed by atoms with Crippen molar-refractivity contribution in [1.82, 2.24) is 9.78 Å². The molecule has 3 nitrogen and oxygen atoms in total. The third-order valence-electron chi connectivity index (χ3n) is 1.19. The van der Waals surface area contributed by atoms with E-state index in [-0.39, 0.29) is 0 Å². The summed E-state index contributed by atoms with van der Waals surface area (Å²) in [6, 6.07) is 0. The number of anilines is 1. The van der Waals surface area contributed by atoms with Crippen LogP contribution in [0.5, 0.6) is 0 Å². The van der Waals surface area contributed by atoms with Crippen LogP contribution in [0.2, 0.25) is 0 Å². The minimum absolute atomic E-state index is 0.961. The number of hydrogen-bond acceptors (Lipinski definition) is 2. The molecule has 1 aromatic heterocycles. The van der Waals surface area contributed by atoms with E-state index < -0.39 is 0 Å². The summed E-state index contributed by atoms with van der Waals surface area (Å²) in [4.78, 5) is 1.96. The number of rotatable bonds is 1. The highest BCUT2D eigenvalue weighted by Crippen LogP contribution is 2.21. The topological polar surface area (TPSA) is 21.1 Å². The zero-order valence-corrected chi connectivity index (χ0v) is 7.88. The van der Waals surface area contributed by atoms with Gasteiger partial charge in [0.25, 0.3) is 0 Å². The molecule has 0 N–H and O–H groups in total. The molecule has 0 aliphatic heterocycles. The SMILES string of the molecule is CN(C)c1nn(C)cc1Br. The van der Waals surface area contributed by atoms with Gasteiger partial charge in [0.1, 0.15) is 0 Å². The Balaban J connectivity index is 3.03. The second-order valence-electron chi connectivity index (χ2n) is 2.37. The van der Waals surface area contributed by atoms with Crippen molar-refractivity contribution < 1.29 is 0 Å². The lowest BCUT2D eigenvalue weighted by atomic mass is 10.6. The van der Waals surface area contributed by atoms with Crippen LogP contribution in [0.3, 0.4) is 0 Å². The number of nitrogens with zero attached hydrogens (tertiary/aromatic N) is 3. The van der Waals surface area contributed by atoms with E-state index in [1.54, 1.807) is 4.68 Å². The molecule has 0 saturated carbocycles. The fourth-order valence-electron chi connectivity index (χ4n) is 0.751. The molecule has 0 aliphatic rings.